The minimum Gasteiger partial charge on any atom is -0.387 e. The normalized spacial score (nSPS) is 14.6. The Morgan fingerprint density at radius 3 is 2.65 bits per heavy atom. The van der Waals surface area contributed by atoms with Crippen molar-refractivity contribution in [2.45, 2.75) is 31.2 Å². The summed E-state index contributed by atoms with van der Waals surface area (Å²) in [5.41, 5.74) is 2.67. The molecular formula is C12H16N2O2S. The van der Waals surface area contributed by atoms with Crippen LogP contribution in [0.2, 0.25) is 0 Å². The van der Waals surface area contributed by atoms with Crippen LogP contribution in [0.25, 0.3) is 6.08 Å². The van der Waals surface area contributed by atoms with Gasteiger partial charge in [0.15, 0.2) is 0 Å². The molecule has 1 aliphatic rings. The van der Waals surface area contributed by atoms with Gasteiger partial charge in [0.05, 0.1) is 4.90 Å². The van der Waals surface area contributed by atoms with Gasteiger partial charge < -0.3 is 5.32 Å². The molecule has 1 aromatic rings. The van der Waals surface area contributed by atoms with Crippen LogP contribution in [-0.4, -0.2) is 8.42 Å². The second-order valence-corrected chi connectivity index (χ2v) is 6.04. The van der Waals surface area contributed by atoms with E-state index in [1.54, 1.807) is 18.3 Å². The van der Waals surface area contributed by atoms with Crippen LogP contribution in [0, 0.1) is 0 Å². The molecule has 0 aromatic heterocycles. The first kappa shape index (κ1) is 12.1. The van der Waals surface area contributed by atoms with E-state index in [9.17, 15) is 8.42 Å². The summed E-state index contributed by atoms with van der Waals surface area (Å²) in [6.45, 7) is 4.69. The van der Waals surface area contributed by atoms with Gasteiger partial charge >= 0.3 is 0 Å². The Balaban J connectivity index is 2.73. The number of nitrogens with one attached hydrogen (secondary N) is 1. The number of nitrogens with two attached hydrogens (primary N) is 1. The number of rotatable bonds is 2. The zero-order valence-electron chi connectivity index (χ0n) is 9.90. The maximum atomic E-state index is 11.6. The molecule has 0 amide bonds. The molecule has 0 saturated heterocycles. The van der Waals surface area contributed by atoms with Crippen molar-refractivity contribution in [3.05, 3.63) is 35.0 Å². The largest absolute Gasteiger partial charge is 0.387 e. The van der Waals surface area contributed by atoms with E-state index in [-0.39, 0.29) is 10.8 Å². The molecule has 5 heteroatoms. The van der Waals surface area contributed by atoms with Gasteiger partial charge in [-0.15, -0.1) is 0 Å². The van der Waals surface area contributed by atoms with Crippen LogP contribution in [-0.2, 0) is 16.6 Å². The number of fused-ring (bicyclic) bond motifs is 1. The van der Waals surface area contributed by atoms with Crippen molar-refractivity contribution in [2.75, 3.05) is 0 Å². The molecule has 0 unspecified atom stereocenters. The number of hydrogen-bond donors (Lipinski definition) is 2. The lowest BCUT2D eigenvalue weighted by molar-refractivity contribution is 0.597. The molecule has 0 atom stereocenters. The van der Waals surface area contributed by atoms with Crippen molar-refractivity contribution in [3.63, 3.8) is 0 Å². The summed E-state index contributed by atoms with van der Waals surface area (Å²) in [7, 11) is -3.68. The van der Waals surface area contributed by atoms with Gasteiger partial charge in [0, 0.05) is 12.1 Å². The molecule has 17 heavy (non-hydrogen) atoms. The standard InChI is InChI=1S/C12H16N2O2S/c1-8(2)9-5-10-7-14-4-3-11(10)12(6-9)17(13,15)16/h3-6,8,14H,7H2,1-2H3,(H2,13,15,16). The van der Waals surface area contributed by atoms with Crippen LogP contribution in [0.15, 0.2) is 23.2 Å². The first-order valence-electron chi connectivity index (χ1n) is 5.49. The van der Waals surface area contributed by atoms with Crippen molar-refractivity contribution in [1.82, 2.24) is 5.32 Å². The van der Waals surface area contributed by atoms with Gasteiger partial charge in [-0.25, -0.2) is 13.6 Å². The van der Waals surface area contributed by atoms with Crippen molar-refractivity contribution in [2.24, 2.45) is 5.14 Å². The highest BCUT2D eigenvalue weighted by atomic mass is 32.2. The average molecular weight is 252 g/mol. The molecule has 92 valence electrons. The summed E-state index contributed by atoms with van der Waals surface area (Å²) in [5, 5.41) is 8.34. The Labute approximate surface area is 102 Å². The third-order valence-electron chi connectivity index (χ3n) is 2.88. The number of sulfonamides is 1. The maximum Gasteiger partial charge on any atom is 0.238 e. The monoisotopic (exact) mass is 252 g/mol. The summed E-state index contributed by atoms with van der Waals surface area (Å²) in [6.07, 6.45) is 3.49. The Bertz CT molecular complexity index is 574. The van der Waals surface area contributed by atoms with E-state index in [4.69, 9.17) is 5.14 Å². The third kappa shape index (κ3) is 2.35. The molecule has 0 spiro atoms. The van der Waals surface area contributed by atoms with Gasteiger partial charge in [0.25, 0.3) is 0 Å². The molecule has 1 aromatic carbocycles. The van der Waals surface area contributed by atoms with Crippen molar-refractivity contribution in [1.29, 1.82) is 0 Å². The molecule has 0 aliphatic carbocycles. The van der Waals surface area contributed by atoms with Crippen molar-refractivity contribution >= 4 is 16.1 Å². The molecule has 0 bridgehead atoms. The zero-order chi connectivity index (χ0) is 12.6. The van der Waals surface area contributed by atoms with Crippen LogP contribution >= 0.6 is 0 Å². The van der Waals surface area contributed by atoms with E-state index >= 15 is 0 Å². The maximum absolute atomic E-state index is 11.6. The predicted molar refractivity (Wildman–Crippen MR) is 67.8 cm³/mol. The van der Waals surface area contributed by atoms with E-state index < -0.39 is 10.0 Å². The summed E-state index contributed by atoms with van der Waals surface area (Å²) < 4.78 is 23.2. The van der Waals surface area contributed by atoms with Gasteiger partial charge in [-0.1, -0.05) is 19.9 Å². The fraction of sp³-hybridized carbons (Fsp3) is 0.333. The SMILES string of the molecule is CC(C)c1cc2c(c(S(N)(=O)=O)c1)C=CNC2. The summed E-state index contributed by atoms with van der Waals surface area (Å²) in [6, 6.07) is 3.71. The van der Waals surface area contributed by atoms with Crippen LogP contribution in [0.3, 0.4) is 0 Å². The lowest BCUT2D eigenvalue weighted by Crippen LogP contribution is -2.19. The Morgan fingerprint density at radius 1 is 1.35 bits per heavy atom. The van der Waals surface area contributed by atoms with Crippen molar-refractivity contribution in [3.8, 4) is 0 Å². The van der Waals surface area contributed by atoms with Crippen LogP contribution in [0.4, 0.5) is 0 Å². The molecular weight excluding hydrogens is 236 g/mol. The molecule has 2 rings (SSSR count). The fourth-order valence-electron chi connectivity index (χ4n) is 1.92. The Hall–Kier alpha value is -1.33. The number of hydrogen-bond acceptors (Lipinski definition) is 3. The van der Waals surface area contributed by atoms with Gasteiger partial charge in [-0.2, -0.15) is 0 Å². The van der Waals surface area contributed by atoms with E-state index in [2.05, 4.69) is 5.32 Å². The van der Waals surface area contributed by atoms with E-state index in [0.29, 0.717) is 12.1 Å². The van der Waals surface area contributed by atoms with Crippen LogP contribution < -0.4 is 10.5 Å². The summed E-state index contributed by atoms with van der Waals surface area (Å²) in [4.78, 5) is 0.219. The third-order valence-corrected chi connectivity index (χ3v) is 3.83. The van der Waals surface area contributed by atoms with Crippen LogP contribution in [0.1, 0.15) is 36.5 Å². The highest BCUT2D eigenvalue weighted by Gasteiger charge is 2.19. The highest BCUT2D eigenvalue weighted by molar-refractivity contribution is 7.89. The topological polar surface area (TPSA) is 72.2 Å². The number of primary sulfonamides is 1. The first-order valence-corrected chi connectivity index (χ1v) is 7.04. The second-order valence-electron chi connectivity index (χ2n) is 4.51. The van der Waals surface area contributed by atoms with Crippen molar-refractivity contribution < 1.29 is 8.42 Å². The Kier molecular flexibility index (Phi) is 2.97. The lowest BCUT2D eigenvalue weighted by atomic mass is 9.96. The smallest absolute Gasteiger partial charge is 0.238 e. The quantitative estimate of drug-likeness (QED) is 0.838. The van der Waals surface area contributed by atoms with E-state index in [1.165, 1.54) is 0 Å². The van der Waals surface area contributed by atoms with E-state index in [1.807, 2.05) is 19.9 Å². The average Bonchev–Trinajstić information content (AvgIpc) is 2.26. The lowest BCUT2D eigenvalue weighted by Gasteiger charge is -2.18. The first-order chi connectivity index (χ1) is 7.89. The van der Waals surface area contributed by atoms with Crippen LogP contribution in [0.5, 0.6) is 0 Å². The molecule has 1 aliphatic heterocycles. The molecule has 0 fully saturated rings. The van der Waals surface area contributed by atoms with Gasteiger partial charge in [0.1, 0.15) is 0 Å². The van der Waals surface area contributed by atoms with Gasteiger partial charge in [-0.3, -0.25) is 0 Å². The number of benzene rings is 1. The zero-order valence-corrected chi connectivity index (χ0v) is 10.7. The molecule has 3 N–H and O–H groups in total. The minimum atomic E-state index is -3.68. The minimum absolute atomic E-state index is 0.219. The molecule has 0 radical (unpaired) electrons. The van der Waals surface area contributed by atoms with Gasteiger partial charge in [-0.05, 0) is 35.4 Å². The molecule has 0 saturated carbocycles. The summed E-state index contributed by atoms with van der Waals surface area (Å²) in [5.74, 6) is 0.270. The molecule has 4 nitrogen and oxygen atoms in total. The Morgan fingerprint density at radius 2 is 2.06 bits per heavy atom. The summed E-state index contributed by atoms with van der Waals surface area (Å²) >= 11 is 0. The predicted octanol–water partition coefficient (Wildman–Crippen LogP) is 1.53. The second kappa shape index (κ2) is 4.16. The highest BCUT2D eigenvalue weighted by Crippen LogP contribution is 2.28. The molecule has 1 heterocycles. The fourth-order valence-corrected chi connectivity index (χ4v) is 2.73. The van der Waals surface area contributed by atoms with E-state index in [0.717, 1.165) is 11.1 Å². The van der Waals surface area contributed by atoms with Gasteiger partial charge in [0.2, 0.25) is 10.0 Å².